The van der Waals surface area contributed by atoms with E-state index in [0.29, 0.717) is 10.9 Å². The molecule has 2 heterocycles. The number of nitrogens with zero attached hydrogens (tertiary/aromatic N) is 2. The Balaban J connectivity index is 1.36. The average molecular weight is 481 g/mol. The highest BCUT2D eigenvalue weighted by Crippen LogP contribution is 2.31. The van der Waals surface area contributed by atoms with Gasteiger partial charge >= 0.3 is 6.18 Å². The molecule has 0 amide bonds. The zero-order valence-electron chi connectivity index (χ0n) is 17.8. The minimum atomic E-state index is -4.52. The summed E-state index contributed by atoms with van der Waals surface area (Å²) in [6, 6.07) is 17.5. The third kappa shape index (κ3) is 4.63. The van der Waals surface area contributed by atoms with Crippen LogP contribution in [0.1, 0.15) is 11.1 Å². The first-order chi connectivity index (χ1) is 16.8. The first-order valence-electron chi connectivity index (χ1n) is 10.3. The molecule has 5 rings (SSSR count). The number of halogens is 4. The number of benzene rings is 3. The maximum absolute atomic E-state index is 13.7. The van der Waals surface area contributed by atoms with Gasteiger partial charge < -0.3 is 14.2 Å². The van der Waals surface area contributed by atoms with Gasteiger partial charge in [0.2, 0.25) is 5.82 Å². The fourth-order valence-electron chi connectivity index (χ4n) is 3.46. The van der Waals surface area contributed by atoms with Crippen LogP contribution in [0.2, 0.25) is 0 Å². The molecule has 0 saturated heterocycles. The van der Waals surface area contributed by atoms with Gasteiger partial charge in [0.25, 0.3) is 11.4 Å². The summed E-state index contributed by atoms with van der Waals surface area (Å²) < 4.78 is 63.2. The van der Waals surface area contributed by atoms with Gasteiger partial charge in [-0.2, -0.15) is 18.2 Å². The highest BCUT2D eigenvalue weighted by Gasteiger charge is 2.30. The summed E-state index contributed by atoms with van der Waals surface area (Å²) in [6.45, 7) is 0.154. The predicted octanol–water partition coefficient (Wildman–Crippen LogP) is 5.98. The van der Waals surface area contributed by atoms with E-state index in [-0.39, 0.29) is 35.2 Å². The normalized spacial score (nSPS) is 11.7. The van der Waals surface area contributed by atoms with Crippen molar-refractivity contribution in [2.75, 3.05) is 0 Å². The van der Waals surface area contributed by atoms with Crippen molar-refractivity contribution in [3.63, 3.8) is 0 Å². The van der Waals surface area contributed by atoms with Crippen LogP contribution in [0.4, 0.5) is 17.6 Å². The summed E-state index contributed by atoms with van der Waals surface area (Å²) in [6.07, 6.45) is -4.52. The molecule has 0 aliphatic carbocycles. The van der Waals surface area contributed by atoms with Gasteiger partial charge in [0.05, 0.1) is 5.56 Å². The number of hydrogen-bond donors (Lipinski definition) is 1. The summed E-state index contributed by atoms with van der Waals surface area (Å²) >= 11 is 0. The molecule has 0 spiro atoms. The number of para-hydroxylation sites is 1. The van der Waals surface area contributed by atoms with Crippen LogP contribution in [-0.4, -0.2) is 15.1 Å². The monoisotopic (exact) mass is 481 g/mol. The molecule has 0 unspecified atom stereocenters. The maximum atomic E-state index is 13.7. The van der Waals surface area contributed by atoms with Gasteiger partial charge in [0.15, 0.2) is 11.6 Å². The minimum Gasteiger partial charge on any atom is -0.486 e. The molecule has 6 nitrogen and oxygen atoms in total. The van der Waals surface area contributed by atoms with Gasteiger partial charge in [0, 0.05) is 11.1 Å². The number of aromatic nitrogens is 3. The molecule has 0 aliphatic rings. The van der Waals surface area contributed by atoms with Crippen molar-refractivity contribution in [1.82, 2.24) is 15.1 Å². The van der Waals surface area contributed by atoms with Crippen LogP contribution in [0.25, 0.3) is 33.7 Å². The summed E-state index contributed by atoms with van der Waals surface area (Å²) in [5, 5.41) is 4.28. The molecule has 2 aromatic heterocycles. The Kier molecular flexibility index (Phi) is 5.56. The van der Waals surface area contributed by atoms with E-state index < -0.39 is 23.1 Å². The zero-order valence-corrected chi connectivity index (χ0v) is 17.8. The fraction of sp³-hybridized carbons (Fsp3) is 0.0800. The lowest BCUT2D eigenvalue weighted by Gasteiger charge is -2.07. The van der Waals surface area contributed by atoms with Gasteiger partial charge in [-0.15, -0.1) is 0 Å². The molecule has 0 radical (unpaired) electrons. The lowest BCUT2D eigenvalue weighted by Crippen LogP contribution is -2.10. The van der Waals surface area contributed by atoms with E-state index in [1.165, 1.54) is 24.3 Å². The van der Waals surface area contributed by atoms with Crippen molar-refractivity contribution >= 4 is 10.9 Å². The van der Waals surface area contributed by atoms with Crippen molar-refractivity contribution in [2.24, 2.45) is 0 Å². The van der Waals surface area contributed by atoms with Crippen LogP contribution in [0, 0.1) is 5.82 Å². The third-order valence-electron chi connectivity index (χ3n) is 5.27. The smallest absolute Gasteiger partial charge is 0.416 e. The largest absolute Gasteiger partial charge is 0.486 e. The van der Waals surface area contributed by atoms with Crippen molar-refractivity contribution in [2.45, 2.75) is 12.8 Å². The van der Waals surface area contributed by atoms with Crippen LogP contribution < -0.4 is 10.3 Å². The molecule has 0 fully saturated rings. The van der Waals surface area contributed by atoms with Crippen molar-refractivity contribution in [3.8, 4) is 28.6 Å². The van der Waals surface area contributed by atoms with E-state index in [0.717, 1.165) is 17.7 Å². The number of nitrogens with one attached hydrogen (secondary N) is 1. The second-order valence-corrected chi connectivity index (χ2v) is 7.65. The number of aromatic amines is 1. The zero-order chi connectivity index (χ0) is 24.6. The molecule has 5 aromatic rings. The first-order valence-corrected chi connectivity index (χ1v) is 10.3. The Morgan fingerprint density at radius 3 is 2.49 bits per heavy atom. The number of ether oxygens (including phenoxy) is 1. The van der Waals surface area contributed by atoms with Crippen LogP contribution in [0.5, 0.6) is 5.75 Å². The second-order valence-electron chi connectivity index (χ2n) is 7.65. The van der Waals surface area contributed by atoms with Crippen LogP contribution in [0.15, 0.2) is 82.1 Å². The van der Waals surface area contributed by atoms with E-state index in [9.17, 15) is 22.4 Å². The minimum absolute atomic E-state index is 0.0333. The summed E-state index contributed by atoms with van der Waals surface area (Å²) in [5.41, 5.74) is -0.0667. The molecule has 35 heavy (non-hydrogen) atoms. The molecule has 0 bridgehead atoms. The number of hydrogen-bond acceptors (Lipinski definition) is 5. The lowest BCUT2D eigenvalue weighted by atomic mass is 10.1. The Hall–Kier alpha value is -4.47. The fourth-order valence-corrected chi connectivity index (χ4v) is 3.46. The molecular weight excluding hydrogens is 466 g/mol. The first kappa shape index (κ1) is 22.3. The number of rotatable bonds is 5. The van der Waals surface area contributed by atoms with Gasteiger partial charge in [-0.05, 0) is 41.3 Å². The molecule has 176 valence electrons. The highest BCUT2D eigenvalue weighted by atomic mass is 19.4. The molecule has 0 saturated carbocycles. The third-order valence-corrected chi connectivity index (χ3v) is 5.27. The number of alkyl halides is 3. The van der Waals surface area contributed by atoms with E-state index in [4.69, 9.17) is 9.26 Å². The van der Waals surface area contributed by atoms with Crippen LogP contribution in [0.3, 0.4) is 0 Å². The van der Waals surface area contributed by atoms with Crippen LogP contribution >= 0.6 is 0 Å². The Labute approximate surface area is 194 Å². The summed E-state index contributed by atoms with van der Waals surface area (Å²) in [7, 11) is 0. The SMILES string of the molecule is O=c1[nH]c2cc(C(F)(F)F)ccc2cc1-c1nc(-c2ccc(COc3ccccc3F)cc2)no1. The molecule has 0 atom stereocenters. The Bertz CT molecular complexity index is 1570. The highest BCUT2D eigenvalue weighted by molar-refractivity contribution is 5.83. The molecule has 0 aliphatic heterocycles. The van der Waals surface area contributed by atoms with E-state index in [2.05, 4.69) is 15.1 Å². The van der Waals surface area contributed by atoms with Crippen molar-refractivity contribution < 1.29 is 26.8 Å². The van der Waals surface area contributed by atoms with Gasteiger partial charge in [0.1, 0.15) is 12.2 Å². The molecule has 3 aromatic carbocycles. The molecular formula is C25H15F4N3O3. The van der Waals surface area contributed by atoms with E-state index in [1.807, 2.05) is 0 Å². The molecule has 10 heteroatoms. The van der Waals surface area contributed by atoms with E-state index >= 15 is 0 Å². The Morgan fingerprint density at radius 1 is 0.971 bits per heavy atom. The van der Waals surface area contributed by atoms with Crippen molar-refractivity contribution in [1.29, 1.82) is 0 Å². The summed E-state index contributed by atoms with van der Waals surface area (Å²) in [5.74, 6) is -0.161. The number of fused-ring (bicyclic) bond motifs is 1. The van der Waals surface area contributed by atoms with Gasteiger partial charge in [-0.25, -0.2) is 4.39 Å². The van der Waals surface area contributed by atoms with Gasteiger partial charge in [-0.1, -0.05) is 47.6 Å². The predicted molar refractivity (Wildman–Crippen MR) is 119 cm³/mol. The standard InChI is InChI=1S/C25H15F4N3O3/c26-19-3-1-2-4-21(19)34-13-14-5-7-15(8-6-14)22-31-24(35-32-22)18-11-16-9-10-17(25(27,28)29)12-20(16)30-23(18)33/h1-12H,13H2,(H,30,33). The maximum Gasteiger partial charge on any atom is 0.416 e. The van der Waals surface area contributed by atoms with Crippen molar-refractivity contribution in [3.05, 3.63) is 100 Å². The second kappa shape index (κ2) is 8.71. The quantitative estimate of drug-likeness (QED) is 0.312. The number of H-pyrrole nitrogens is 1. The Morgan fingerprint density at radius 2 is 1.74 bits per heavy atom. The topological polar surface area (TPSA) is 81.0 Å². The molecule has 1 N–H and O–H groups in total. The number of pyridine rings is 1. The van der Waals surface area contributed by atoms with E-state index in [1.54, 1.807) is 36.4 Å². The van der Waals surface area contributed by atoms with Crippen LogP contribution in [-0.2, 0) is 12.8 Å². The lowest BCUT2D eigenvalue weighted by molar-refractivity contribution is -0.137. The average Bonchev–Trinajstić information content (AvgIpc) is 3.32. The summed E-state index contributed by atoms with van der Waals surface area (Å²) in [4.78, 5) is 19.2. The van der Waals surface area contributed by atoms with Gasteiger partial charge in [-0.3, -0.25) is 4.79 Å².